The Morgan fingerprint density at radius 2 is 1.47 bits per heavy atom. The van der Waals surface area contributed by atoms with E-state index in [0.29, 0.717) is 6.42 Å². The average molecular weight is 242 g/mol. The number of hydrogen-bond donors (Lipinski definition) is 2. The first-order chi connectivity index (χ1) is 8.07. The summed E-state index contributed by atoms with van der Waals surface area (Å²) in [4.78, 5) is 22.2. The minimum atomic E-state index is 0.0688. The lowest BCUT2D eigenvalue weighted by Crippen LogP contribution is -2.28. The van der Waals surface area contributed by atoms with Crippen molar-refractivity contribution < 1.29 is 9.59 Å². The predicted molar refractivity (Wildman–Crippen MR) is 69.6 cm³/mol. The van der Waals surface area contributed by atoms with Gasteiger partial charge in [0.1, 0.15) is 0 Å². The van der Waals surface area contributed by atoms with E-state index in [-0.39, 0.29) is 17.7 Å². The van der Waals surface area contributed by atoms with E-state index >= 15 is 0 Å². The molecule has 0 spiro atoms. The lowest BCUT2D eigenvalue weighted by molar-refractivity contribution is -0.124. The van der Waals surface area contributed by atoms with Crippen molar-refractivity contribution in [1.82, 2.24) is 10.6 Å². The maximum atomic E-state index is 11.2. The molecule has 2 N–H and O–H groups in total. The Balaban J connectivity index is 3.19. The molecule has 0 radical (unpaired) electrons. The maximum Gasteiger partial charge on any atom is 0.222 e. The molecular weight excluding hydrogens is 216 g/mol. The highest BCUT2D eigenvalue weighted by molar-refractivity contribution is 5.77. The van der Waals surface area contributed by atoms with Crippen LogP contribution < -0.4 is 10.6 Å². The standard InChI is InChI=1S/C13H26N2O2/c1-4-12(16)14-9-7-5-6-8-10-15-13(17)11(2)3/h11H,4-10H2,1-3H3,(H,14,16)(H,15,17). The minimum Gasteiger partial charge on any atom is -0.356 e. The quantitative estimate of drug-likeness (QED) is 0.606. The number of carbonyl (C=O) groups excluding carboxylic acids is 2. The number of hydrogen-bond acceptors (Lipinski definition) is 2. The van der Waals surface area contributed by atoms with Crippen molar-refractivity contribution in [1.29, 1.82) is 0 Å². The van der Waals surface area contributed by atoms with Crippen LogP contribution >= 0.6 is 0 Å². The van der Waals surface area contributed by atoms with Gasteiger partial charge in [-0.2, -0.15) is 0 Å². The fourth-order valence-corrected chi connectivity index (χ4v) is 1.37. The van der Waals surface area contributed by atoms with Gasteiger partial charge in [-0.3, -0.25) is 9.59 Å². The highest BCUT2D eigenvalue weighted by atomic mass is 16.2. The van der Waals surface area contributed by atoms with E-state index in [0.717, 1.165) is 38.8 Å². The molecule has 0 rings (SSSR count). The third kappa shape index (κ3) is 9.85. The van der Waals surface area contributed by atoms with E-state index in [4.69, 9.17) is 0 Å². The number of nitrogens with one attached hydrogen (secondary N) is 2. The monoisotopic (exact) mass is 242 g/mol. The average Bonchev–Trinajstić information content (AvgIpc) is 2.31. The molecule has 100 valence electrons. The van der Waals surface area contributed by atoms with Gasteiger partial charge in [0.05, 0.1) is 0 Å². The van der Waals surface area contributed by atoms with Crippen molar-refractivity contribution in [2.24, 2.45) is 5.92 Å². The highest BCUT2D eigenvalue weighted by Gasteiger charge is 2.04. The lowest BCUT2D eigenvalue weighted by Gasteiger charge is -2.07. The normalized spacial score (nSPS) is 10.4. The van der Waals surface area contributed by atoms with Crippen LogP contribution in [0.25, 0.3) is 0 Å². The zero-order valence-corrected chi connectivity index (χ0v) is 11.3. The second-order valence-corrected chi connectivity index (χ2v) is 4.56. The molecule has 4 heteroatoms. The second kappa shape index (κ2) is 10.1. The summed E-state index contributed by atoms with van der Waals surface area (Å²) in [6.07, 6.45) is 4.78. The van der Waals surface area contributed by atoms with Crippen LogP contribution in [-0.2, 0) is 9.59 Å². The zero-order chi connectivity index (χ0) is 13.1. The Morgan fingerprint density at radius 1 is 0.941 bits per heavy atom. The highest BCUT2D eigenvalue weighted by Crippen LogP contribution is 1.98. The maximum absolute atomic E-state index is 11.2. The molecule has 0 saturated carbocycles. The summed E-state index contributed by atoms with van der Waals surface area (Å²) in [6.45, 7) is 7.17. The van der Waals surface area contributed by atoms with E-state index in [1.807, 2.05) is 20.8 Å². The molecule has 0 aliphatic heterocycles. The van der Waals surface area contributed by atoms with Crippen LogP contribution in [0, 0.1) is 5.92 Å². The number of amides is 2. The summed E-state index contributed by atoms with van der Waals surface area (Å²) in [7, 11) is 0. The Hall–Kier alpha value is -1.06. The second-order valence-electron chi connectivity index (χ2n) is 4.56. The molecule has 0 aliphatic carbocycles. The van der Waals surface area contributed by atoms with Crippen LogP contribution in [0.3, 0.4) is 0 Å². The summed E-state index contributed by atoms with van der Waals surface area (Å²) in [5.74, 6) is 0.314. The Labute approximate surface area is 105 Å². The van der Waals surface area contributed by atoms with Crippen molar-refractivity contribution >= 4 is 11.8 Å². The van der Waals surface area contributed by atoms with Crippen LogP contribution in [-0.4, -0.2) is 24.9 Å². The van der Waals surface area contributed by atoms with E-state index in [9.17, 15) is 9.59 Å². The summed E-state index contributed by atoms with van der Waals surface area (Å²) < 4.78 is 0. The Bertz CT molecular complexity index is 227. The van der Waals surface area contributed by atoms with Gasteiger partial charge in [-0.05, 0) is 12.8 Å². The van der Waals surface area contributed by atoms with Gasteiger partial charge < -0.3 is 10.6 Å². The third-order valence-corrected chi connectivity index (χ3v) is 2.57. The predicted octanol–water partition coefficient (Wildman–Crippen LogP) is 1.85. The molecule has 0 aromatic rings. The van der Waals surface area contributed by atoms with Crippen LogP contribution in [0.5, 0.6) is 0 Å². The number of rotatable bonds is 9. The van der Waals surface area contributed by atoms with Crippen molar-refractivity contribution in [2.45, 2.75) is 52.9 Å². The fourth-order valence-electron chi connectivity index (χ4n) is 1.37. The molecule has 4 nitrogen and oxygen atoms in total. The molecule has 0 aromatic heterocycles. The van der Waals surface area contributed by atoms with Crippen LogP contribution in [0.1, 0.15) is 52.9 Å². The molecule has 2 amide bonds. The molecule has 0 aliphatic rings. The van der Waals surface area contributed by atoms with Gasteiger partial charge in [-0.1, -0.05) is 33.6 Å². The molecule has 0 bridgehead atoms. The summed E-state index contributed by atoms with van der Waals surface area (Å²) in [6, 6.07) is 0. The van der Waals surface area contributed by atoms with Gasteiger partial charge in [0.15, 0.2) is 0 Å². The first-order valence-electron chi connectivity index (χ1n) is 6.62. The number of carbonyl (C=O) groups is 2. The first-order valence-corrected chi connectivity index (χ1v) is 6.62. The molecule has 0 heterocycles. The molecule has 0 saturated heterocycles. The Kier molecular flexibility index (Phi) is 9.49. The van der Waals surface area contributed by atoms with E-state index in [1.165, 1.54) is 0 Å². The summed E-state index contributed by atoms with van der Waals surface area (Å²) >= 11 is 0. The van der Waals surface area contributed by atoms with Gasteiger partial charge in [0.2, 0.25) is 11.8 Å². The van der Waals surface area contributed by atoms with Gasteiger partial charge in [-0.15, -0.1) is 0 Å². The molecule has 0 unspecified atom stereocenters. The summed E-state index contributed by atoms with van der Waals surface area (Å²) in [5, 5.41) is 5.74. The minimum absolute atomic E-state index is 0.0688. The molecule has 17 heavy (non-hydrogen) atoms. The Morgan fingerprint density at radius 3 is 1.94 bits per heavy atom. The smallest absolute Gasteiger partial charge is 0.222 e. The van der Waals surface area contributed by atoms with Crippen LogP contribution in [0.4, 0.5) is 0 Å². The van der Waals surface area contributed by atoms with Gasteiger partial charge in [0, 0.05) is 25.4 Å². The topological polar surface area (TPSA) is 58.2 Å². The van der Waals surface area contributed by atoms with Crippen molar-refractivity contribution in [3.8, 4) is 0 Å². The van der Waals surface area contributed by atoms with E-state index in [2.05, 4.69) is 10.6 Å². The SMILES string of the molecule is CCC(=O)NCCCCCCNC(=O)C(C)C. The van der Waals surface area contributed by atoms with Gasteiger partial charge >= 0.3 is 0 Å². The fraction of sp³-hybridized carbons (Fsp3) is 0.846. The van der Waals surface area contributed by atoms with E-state index in [1.54, 1.807) is 0 Å². The molecule has 0 fully saturated rings. The molecule has 0 aromatic carbocycles. The van der Waals surface area contributed by atoms with Crippen molar-refractivity contribution in [3.05, 3.63) is 0 Å². The van der Waals surface area contributed by atoms with Crippen LogP contribution in [0.15, 0.2) is 0 Å². The summed E-state index contributed by atoms with van der Waals surface area (Å²) in [5.41, 5.74) is 0. The van der Waals surface area contributed by atoms with Crippen molar-refractivity contribution in [3.63, 3.8) is 0 Å². The van der Waals surface area contributed by atoms with Gasteiger partial charge in [-0.25, -0.2) is 0 Å². The largest absolute Gasteiger partial charge is 0.356 e. The third-order valence-electron chi connectivity index (χ3n) is 2.57. The number of unbranched alkanes of at least 4 members (excludes halogenated alkanes) is 3. The van der Waals surface area contributed by atoms with Crippen molar-refractivity contribution in [2.75, 3.05) is 13.1 Å². The molecule has 0 atom stereocenters. The first kappa shape index (κ1) is 15.9. The lowest BCUT2D eigenvalue weighted by atomic mass is 10.1. The zero-order valence-electron chi connectivity index (χ0n) is 11.3. The van der Waals surface area contributed by atoms with Crippen LogP contribution in [0.2, 0.25) is 0 Å². The van der Waals surface area contributed by atoms with Gasteiger partial charge in [0.25, 0.3) is 0 Å². The molecular formula is C13H26N2O2. The van der Waals surface area contributed by atoms with E-state index < -0.39 is 0 Å².